The third-order valence-corrected chi connectivity index (χ3v) is 5.38. The summed E-state index contributed by atoms with van der Waals surface area (Å²) in [4.78, 5) is 32.0. The van der Waals surface area contributed by atoms with Gasteiger partial charge in [-0.15, -0.1) is 0 Å². The lowest BCUT2D eigenvalue weighted by atomic mass is 10.2. The molecule has 184 valence electrons. The van der Waals surface area contributed by atoms with Gasteiger partial charge in [0.25, 0.3) is 0 Å². The number of aromatic nitrogens is 2. The normalized spacial score (nSPS) is 10.8. The Kier molecular flexibility index (Phi) is 7.75. The molecule has 3 aromatic carbocycles. The van der Waals surface area contributed by atoms with Crippen LogP contribution < -0.4 is 10.6 Å². The van der Waals surface area contributed by atoms with Gasteiger partial charge in [0, 0.05) is 30.0 Å². The van der Waals surface area contributed by atoms with E-state index in [1.165, 1.54) is 17.0 Å². The first-order valence-corrected chi connectivity index (χ1v) is 11.7. The third-order valence-electron chi connectivity index (χ3n) is 5.38. The zero-order valence-electron chi connectivity index (χ0n) is 20.2. The van der Waals surface area contributed by atoms with Crippen LogP contribution in [0, 0.1) is 5.82 Å². The van der Waals surface area contributed by atoms with Crippen molar-refractivity contribution in [3.63, 3.8) is 0 Å². The topological polar surface area (TPSA) is 79.3 Å². The van der Waals surface area contributed by atoms with Crippen molar-refractivity contribution in [3.8, 4) is 16.9 Å². The minimum Gasteiger partial charge on any atom is -0.336 e. The third kappa shape index (κ3) is 6.35. The van der Waals surface area contributed by atoms with Crippen molar-refractivity contribution in [2.24, 2.45) is 0 Å². The Morgan fingerprint density at radius 3 is 2.22 bits per heavy atom. The van der Waals surface area contributed by atoms with Gasteiger partial charge in [-0.2, -0.15) is 0 Å². The molecule has 1 aromatic heterocycles. The number of nitrogens with one attached hydrogen (secondary N) is 2. The standard InChI is InChI=1S/C28H28FN5O2/c1-20(2)30-28(36)33(17-21-9-5-3-6-10-21)19-26(35)32-27-31-25(22-11-7-4-8-12-22)18-34(27)24-15-13-23(29)14-16-24/h3-16,18,20H,17,19H2,1-2H3,(H,30,36)(H,31,32,35). The second-order valence-corrected chi connectivity index (χ2v) is 8.66. The maximum absolute atomic E-state index is 13.5. The summed E-state index contributed by atoms with van der Waals surface area (Å²) in [5, 5.41) is 5.69. The van der Waals surface area contributed by atoms with Gasteiger partial charge >= 0.3 is 6.03 Å². The second kappa shape index (κ2) is 11.3. The van der Waals surface area contributed by atoms with Crippen molar-refractivity contribution in [2.45, 2.75) is 26.4 Å². The zero-order chi connectivity index (χ0) is 25.5. The van der Waals surface area contributed by atoms with E-state index in [4.69, 9.17) is 0 Å². The summed E-state index contributed by atoms with van der Waals surface area (Å²) < 4.78 is 15.2. The van der Waals surface area contributed by atoms with Gasteiger partial charge in [-0.3, -0.25) is 14.7 Å². The predicted octanol–water partition coefficient (Wildman–Crippen LogP) is 5.24. The van der Waals surface area contributed by atoms with Crippen LogP contribution in [0.4, 0.5) is 15.1 Å². The molecule has 2 N–H and O–H groups in total. The van der Waals surface area contributed by atoms with E-state index in [0.29, 0.717) is 11.4 Å². The smallest absolute Gasteiger partial charge is 0.318 e. The first kappa shape index (κ1) is 24.7. The van der Waals surface area contributed by atoms with Gasteiger partial charge in [-0.05, 0) is 43.7 Å². The number of imidazole rings is 1. The molecule has 0 fully saturated rings. The number of nitrogens with zero attached hydrogens (tertiary/aromatic N) is 3. The Morgan fingerprint density at radius 1 is 0.944 bits per heavy atom. The van der Waals surface area contributed by atoms with Crippen LogP contribution in [0.1, 0.15) is 19.4 Å². The van der Waals surface area contributed by atoms with Crippen LogP contribution in [-0.2, 0) is 11.3 Å². The molecule has 0 aliphatic rings. The monoisotopic (exact) mass is 485 g/mol. The van der Waals surface area contributed by atoms with Gasteiger partial charge in [0.15, 0.2) is 0 Å². The van der Waals surface area contributed by atoms with Gasteiger partial charge in [0.05, 0.1) is 5.69 Å². The molecular weight excluding hydrogens is 457 g/mol. The Hall–Kier alpha value is -4.46. The number of hydrogen-bond donors (Lipinski definition) is 2. The molecule has 36 heavy (non-hydrogen) atoms. The Labute approximate surface area is 209 Å². The number of anilines is 1. The van der Waals surface area contributed by atoms with E-state index in [-0.39, 0.29) is 36.9 Å². The summed E-state index contributed by atoms with van der Waals surface area (Å²) in [6.45, 7) is 3.82. The molecule has 0 aliphatic heterocycles. The molecule has 3 amide bonds. The molecule has 4 rings (SSSR count). The van der Waals surface area contributed by atoms with E-state index in [9.17, 15) is 14.0 Å². The van der Waals surface area contributed by atoms with Gasteiger partial charge in [-0.1, -0.05) is 60.7 Å². The highest BCUT2D eigenvalue weighted by Crippen LogP contribution is 2.24. The summed E-state index contributed by atoms with van der Waals surface area (Å²) in [7, 11) is 0. The van der Waals surface area contributed by atoms with Crippen molar-refractivity contribution < 1.29 is 14.0 Å². The number of amides is 3. The summed E-state index contributed by atoms with van der Waals surface area (Å²) in [6.07, 6.45) is 1.78. The second-order valence-electron chi connectivity index (χ2n) is 8.66. The molecule has 0 spiro atoms. The lowest BCUT2D eigenvalue weighted by Crippen LogP contribution is -2.45. The molecule has 0 unspecified atom stereocenters. The number of rotatable bonds is 8. The molecule has 0 radical (unpaired) electrons. The Morgan fingerprint density at radius 2 is 1.58 bits per heavy atom. The van der Waals surface area contributed by atoms with Gasteiger partial charge < -0.3 is 10.2 Å². The average Bonchev–Trinajstić information content (AvgIpc) is 3.28. The summed E-state index contributed by atoms with van der Waals surface area (Å²) in [5.74, 6) is -0.492. The molecule has 0 saturated heterocycles. The zero-order valence-corrected chi connectivity index (χ0v) is 20.2. The minimum atomic E-state index is -0.404. The summed E-state index contributed by atoms with van der Waals surface area (Å²) in [5.41, 5.74) is 3.06. The van der Waals surface area contributed by atoms with E-state index in [0.717, 1.165) is 11.1 Å². The molecule has 0 bridgehead atoms. The van der Waals surface area contributed by atoms with E-state index in [1.54, 1.807) is 22.9 Å². The van der Waals surface area contributed by atoms with Crippen molar-refractivity contribution in [3.05, 3.63) is 103 Å². The van der Waals surface area contributed by atoms with Crippen LogP contribution >= 0.6 is 0 Å². The summed E-state index contributed by atoms with van der Waals surface area (Å²) in [6, 6.07) is 24.5. The number of hydrogen-bond acceptors (Lipinski definition) is 3. The maximum atomic E-state index is 13.5. The number of benzene rings is 3. The lowest BCUT2D eigenvalue weighted by molar-refractivity contribution is -0.116. The number of carbonyl (C=O) groups excluding carboxylic acids is 2. The van der Waals surface area contributed by atoms with E-state index in [2.05, 4.69) is 15.6 Å². The summed E-state index contributed by atoms with van der Waals surface area (Å²) >= 11 is 0. The van der Waals surface area contributed by atoms with Crippen molar-refractivity contribution >= 4 is 17.9 Å². The molecule has 7 nitrogen and oxygen atoms in total. The molecule has 4 aromatic rings. The largest absolute Gasteiger partial charge is 0.336 e. The first-order valence-electron chi connectivity index (χ1n) is 11.7. The van der Waals surface area contributed by atoms with Crippen LogP contribution in [0.25, 0.3) is 16.9 Å². The average molecular weight is 486 g/mol. The van der Waals surface area contributed by atoms with Gasteiger partial charge in [0.1, 0.15) is 12.4 Å². The lowest BCUT2D eigenvalue weighted by Gasteiger charge is -2.24. The molecule has 0 aliphatic carbocycles. The number of halogens is 1. The molecule has 1 heterocycles. The van der Waals surface area contributed by atoms with Crippen molar-refractivity contribution in [1.82, 2.24) is 19.8 Å². The van der Waals surface area contributed by atoms with Gasteiger partial charge in [-0.25, -0.2) is 14.2 Å². The Balaban J connectivity index is 1.59. The molecular formula is C28H28FN5O2. The van der Waals surface area contributed by atoms with Gasteiger partial charge in [0.2, 0.25) is 11.9 Å². The van der Waals surface area contributed by atoms with Crippen LogP contribution in [0.15, 0.2) is 91.1 Å². The molecule has 8 heteroatoms. The molecule has 0 atom stereocenters. The minimum absolute atomic E-state index is 0.0790. The van der Waals surface area contributed by atoms with Crippen molar-refractivity contribution in [1.29, 1.82) is 0 Å². The maximum Gasteiger partial charge on any atom is 0.318 e. The van der Waals surface area contributed by atoms with Crippen LogP contribution in [0.3, 0.4) is 0 Å². The highest BCUT2D eigenvalue weighted by atomic mass is 19.1. The fraction of sp³-hybridized carbons (Fsp3) is 0.179. The molecule has 0 saturated carbocycles. The van der Waals surface area contributed by atoms with Crippen LogP contribution in [0.2, 0.25) is 0 Å². The Bertz CT molecular complexity index is 1310. The highest BCUT2D eigenvalue weighted by molar-refractivity contribution is 5.93. The highest BCUT2D eigenvalue weighted by Gasteiger charge is 2.20. The quantitative estimate of drug-likeness (QED) is 0.358. The fourth-order valence-electron chi connectivity index (χ4n) is 3.69. The fourth-order valence-corrected chi connectivity index (χ4v) is 3.69. The van der Waals surface area contributed by atoms with E-state index in [1.807, 2.05) is 74.5 Å². The van der Waals surface area contributed by atoms with Crippen LogP contribution in [-0.4, -0.2) is 39.0 Å². The SMILES string of the molecule is CC(C)NC(=O)N(CC(=O)Nc1nc(-c2ccccc2)cn1-c1ccc(F)cc1)Cc1ccccc1. The predicted molar refractivity (Wildman–Crippen MR) is 138 cm³/mol. The van der Waals surface area contributed by atoms with Crippen LogP contribution in [0.5, 0.6) is 0 Å². The van der Waals surface area contributed by atoms with Crippen molar-refractivity contribution in [2.75, 3.05) is 11.9 Å². The first-order chi connectivity index (χ1) is 17.4. The van der Waals surface area contributed by atoms with E-state index < -0.39 is 5.91 Å². The number of urea groups is 1. The van der Waals surface area contributed by atoms with E-state index >= 15 is 0 Å². The number of carbonyl (C=O) groups is 2.